The summed E-state index contributed by atoms with van der Waals surface area (Å²) in [7, 11) is 8.43. The van der Waals surface area contributed by atoms with Gasteiger partial charge in [-0.2, -0.15) is 59.8 Å². The van der Waals surface area contributed by atoms with E-state index in [1.165, 1.54) is 132 Å². The van der Waals surface area contributed by atoms with Crippen molar-refractivity contribution in [1.82, 2.24) is 74.9 Å². The standard InChI is InChI=1S/C23H34N8O2.C16H19ClN6O2.C9H5Cl2N5O2.C7H16N2.C6H6N2O2.C3Cl3N3/c1-29-14-12-19(13-15-29)30(2)23-27-21(24-17-8-5-3-4-6-9-17)26-22(28-23)25-18-10-7-11-20(16-18)31(32)33;17-14-20-15(18-11-6-3-1-2-4-7-11)22-16(21-14)19-12-8-5-9-13(10-12)23(24)25;10-7-13-8(11)15-9(14-7)12-5-2-1-3-6(4-5)16(17)18;1-8-7-3-5-9(2)6-4-7;7-5-2-1-3-6(4-5)8(9)10;4-1-7-2(5)9-3(6)8-1/h7,10-11,16-17,19H,3-6,8-9,12-15H2,1-2H3,(H2,24,25,26,27,28);5,8-11H,1-4,6-7H2,(H2,18,19,20,21,22);1-4H,(H,12,13,14,15);7-8H,3-6H2,1-2H3;1-4H,7H2;. The molecule has 0 atom stereocenters. The van der Waals surface area contributed by atoms with Crippen LogP contribution >= 0.6 is 69.6 Å². The van der Waals surface area contributed by atoms with Crippen molar-refractivity contribution < 1.29 is 19.7 Å². The van der Waals surface area contributed by atoms with Crippen molar-refractivity contribution in [3.63, 3.8) is 0 Å². The lowest BCUT2D eigenvalue weighted by Crippen LogP contribution is -2.42. The largest absolute Gasteiger partial charge is 0.399 e. The van der Waals surface area contributed by atoms with Gasteiger partial charge in [0.15, 0.2) is 0 Å². The Morgan fingerprint density at radius 2 is 0.712 bits per heavy atom. The van der Waals surface area contributed by atoms with E-state index in [9.17, 15) is 40.5 Å². The van der Waals surface area contributed by atoms with E-state index in [-0.39, 0.29) is 66.3 Å². The molecule has 34 nitrogen and oxygen atoms in total. The first-order valence-electron chi connectivity index (χ1n) is 33.1. The number of hydrogen-bond acceptors (Lipinski definition) is 30. The number of likely N-dealkylation sites (tertiary alicyclic amines) is 2. The molecule has 2 aliphatic heterocycles. The minimum Gasteiger partial charge on any atom is -0.399 e. The van der Waals surface area contributed by atoms with Crippen LogP contribution in [0.5, 0.6) is 0 Å². The van der Waals surface area contributed by atoms with Gasteiger partial charge >= 0.3 is 0 Å². The van der Waals surface area contributed by atoms with Gasteiger partial charge in [0.25, 0.3) is 22.7 Å². The van der Waals surface area contributed by atoms with Crippen LogP contribution < -0.4 is 42.5 Å². The zero-order valence-electron chi connectivity index (χ0n) is 57.3. The molecule has 4 aromatic carbocycles. The van der Waals surface area contributed by atoms with Gasteiger partial charge in [0.1, 0.15) is 0 Å². The number of nitrogens with one attached hydrogen (secondary N) is 6. The fourth-order valence-corrected chi connectivity index (χ4v) is 12.1. The second kappa shape index (κ2) is 42.5. The highest BCUT2D eigenvalue weighted by Crippen LogP contribution is 2.29. The number of piperidine rings is 2. The number of nitro groups is 4. The summed E-state index contributed by atoms with van der Waals surface area (Å²) in [6.07, 6.45) is 19.0. The molecule has 0 radical (unpaired) electrons. The van der Waals surface area contributed by atoms with Crippen LogP contribution in [-0.2, 0) is 0 Å². The van der Waals surface area contributed by atoms with Gasteiger partial charge in [-0.15, -0.1) is 0 Å². The smallest absolute Gasteiger partial charge is 0.271 e. The Bertz CT molecular complexity index is 4010. The average Bonchev–Trinajstić information content (AvgIpc) is 0.863. The molecule has 0 spiro atoms. The zero-order valence-corrected chi connectivity index (χ0v) is 61.8. The Morgan fingerprint density at radius 1 is 0.404 bits per heavy atom. The van der Waals surface area contributed by atoms with Gasteiger partial charge in [-0.3, -0.25) is 40.5 Å². The third-order valence-electron chi connectivity index (χ3n) is 16.4. The Labute approximate surface area is 629 Å². The van der Waals surface area contributed by atoms with E-state index in [2.05, 4.69) is 123 Å². The summed E-state index contributed by atoms with van der Waals surface area (Å²) in [5, 5.41) is 61.7. The second-order valence-electron chi connectivity index (χ2n) is 24.2. The molecular formula is C64H80Cl6N26O8. The highest BCUT2D eigenvalue weighted by atomic mass is 35.5. The minimum absolute atomic E-state index is 0.000000000000000444. The Morgan fingerprint density at radius 3 is 1.08 bits per heavy atom. The first-order chi connectivity index (χ1) is 49.8. The average molecular weight is 1550 g/mol. The molecule has 0 bridgehead atoms. The van der Waals surface area contributed by atoms with Crippen LogP contribution in [0.4, 0.5) is 81.2 Å². The first kappa shape index (κ1) is 82.0. The molecule has 4 aliphatic rings. The monoisotopic (exact) mass is 1550 g/mol. The number of non-ortho nitro benzene ring substituents is 4. The lowest BCUT2D eigenvalue weighted by atomic mass is 10.0. The Balaban J connectivity index is 0.000000188. The van der Waals surface area contributed by atoms with Crippen molar-refractivity contribution in [2.75, 3.05) is 91.6 Å². The number of anilines is 10. The summed E-state index contributed by atoms with van der Waals surface area (Å²) >= 11 is 33.2. The molecule has 4 aromatic heterocycles. The number of benzene rings is 4. The molecule has 2 aliphatic carbocycles. The summed E-state index contributed by atoms with van der Waals surface area (Å²) in [5.41, 5.74) is 7.22. The van der Waals surface area contributed by atoms with E-state index in [0.29, 0.717) is 64.7 Å². The molecule has 4 fully saturated rings. The molecule has 556 valence electrons. The number of nitrogens with two attached hydrogens (primary N) is 1. The third kappa shape index (κ3) is 29.5. The van der Waals surface area contributed by atoms with Crippen LogP contribution in [0.15, 0.2) is 97.1 Å². The molecule has 8 aromatic rings. The van der Waals surface area contributed by atoms with E-state index in [4.69, 9.17) is 80.3 Å². The third-order valence-corrected chi connectivity index (χ3v) is 17.5. The van der Waals surface area contributed by atoms with Crippen LogP contribution in [0.1, 0.15) is 103 Å². The summed E-state index contributed by atoms with van der Waals surface area (Å²) < 4.78 is 0. The SMILES string of the molecule is CN1CCC(N(C)c2nc(Nc3cccc([N+](=O)[O-])c3)nc(NC3CCCCCC3)n2)CC1.CNC1CCN(C)CC1.Clc1nc(Cl)nc(Cl)n1.Nc1cccc([N+](=O)[O-])c1.O=[N+]([O-])c1cccc(Nc2nc(Cl)nc(Cl)n2)c1.O=[N+]([O-])c1cccc(Nc2nc(Cl)nc(NC3CCCCCC3)n2)c1. The van der Waals surface area contributed by atoms with E-state index in [0.717, 1.165) is 57.7 Å². The molecule has 104 heavy (non-hydrogen) atoms. The Kier molecular flexibility index (Phi) is 33.5. The summed E-state index contributed by atoms with van der Waals surface area (Å²) in [6.45, 7) is 4.61. The maximum Gasteiger partial charge on any atom is 0.271 e. The van der Waals surface area contributed by atoms with Gasteiger partial charge in [0.05, 0.1) is 19.7 Å². The van der Waals surface area contributed by atoms with Gasteiger partial charge in [-0.05, 0) is 193 Å². The number of nitrogens with zero attached hydrogens (tertiary/aromatic N) is 19. The fourth-order valence-electron chi connectivity index (χ4n) is 11.0. The Hall–Kier alpha value is -9.26. The maximum atomic E-state index is 11.2. The lowest BCUT2D eigenvalue weighted by Gasteiger charge is -2.35. The number of halogens is 6. The van der Waals surface area contributed by atoms with E-state index >= 15 is 0 Å². The van der Waals surface area contributed by atoms with Crippen LogP contribution in [0.2, 0.25) is 31.7 Å². The van der Waals surface area contributed by atoms with Gasteiger partial charge < -0.3 is 52.3 Å². The molecule has 2 saturated heterocycles. The van der Waals surface area contributed by atoms with E-state index in [1.54, 1.807) is 42.5 Å². The van der Waals surface area contributed by atoms with Crippen molar-refractivity contribution in [3.8, 4) is 0 Å². The highest BCUT2D eigenvalue weighted by Gasteiger charge is 2.25. The van der Waals surface area contributed by atoms with Crippen molar-refractivity contribution in [3.05, 3.63) is 169 Å². The fraction of sp³-hybridized carbons (Fsp3) is 0.438. The summed E-state index contributed by atoms with van der Waals surface area (Å²) in [4.78, 5) is 95.9. The molecule has 2 saturated carbocycles. The zero-order chi connectivity index (χ0) is 75.1. The normalized spacial score (nSPS) is 15.2. The first-order valence-corrected chi connectivity index (χ1v) is 35.4. The van der Waals surface area contributed by atoms with Crippen LogP contribution in [0.25, 0.3) is 0 Å². The highest BCUT2D eigenvalue weighted by molar-refractivity contribution is 6.33. The summed E-state index contributed by atoms with van der Waals surface area (Å²) in [5.74, 6) is 2.33. The molecular weight excluding hydrogens is 1470 g/mol. The van der Waals surface area contributed by atoms with Gasteiger partial charge in [-0.25, -0.2) is 0 Å². The molecule has 40 heteroatoms. The number of aromatic nitrogens is 12. The number of nitro benzene ring substituents is 4. The van der Waals surface area contributed by atoms with E-state index < -0.39 is 19.7 Å². The molecule has 8 N–H and O–H groups in total. The van der Waals surface area contributed by atoms with E-state index in [1.807, 2.05) is 7.05 Å². The van der Waals surface area contributed by atoms with Crippen LogP contribution in [0.3, 0.4) is 0 Å². The predicted molar refractivity (Wildman–Crippen MR) is 405 cm³/mol. The number of hydrogen-bond donors (Lipinski definition) is 7. The molecule has 12 rings (SSSR count). The number of nitrogen functional groups attached to an aromatic ring is 1. The van der Waals surface area contributed by atoms with Gasteiger partial charge in [0.2, 0.25) is 67.4 Å². The van der Waals surface area contributed by atoms with Gasteiger partial charge in [0, 0.05) is 102 Å². The van der Waals surface area contributed by atoms with Gasteiger partial charge in [-0.1, -0.05) is 75.6 Å². The minimum atomic E-state index is -0.501. The van der Waals surface area contributed by atoms with Crippen molar-refractivity contribution in [2.45, 2.75) is 127 Å². The second-order valence-corrected chi connectivity index (χ2v) is 26.2. The van der Waals surface area contributed by atoms with Crippen molar-refractivity contribution in [2.24, 2.45) is 0 Å². The van der Waals surface area contributed by atoms with Crippen LogP contribution in [0, 0.1) is 40.5 Å². The maximum absolute atomic E-state index is 11.2. The lowest BCUT2D eigenvalue weighted by molar-refractivity contribution is -0.385. The number of rotatable bonds is 17. The van der Waals surface area contributed by atoms with Crippen molar-refractivity contribution >= 4 is 151 Å². The quantitative estimate of drug-likeness (QED) is 0.0193. The van der Waals surface area contributed by atoms with Crippen molar-refractivity contribution in [1.29, 1.82) is 0 Å². The summed E-state index contributed by atoms with van der Waals surface area (Å²) in [6, 6.07) is 26.1. The predicted octanol–water partition coefficient (Wildman–Crippen LogP) is 14.6. The molecule has 0 amide bonds. The van der Waals surface area contributed by atoms with Crippen LogP contribution in [-0.4, -0.2) is 168 Å². The molecule has 0 unspecified atom stereocenters. The topological polar surface area (TPSA) is 435 Å². The molecule has 6 heterocycles.